The number of nitrogens with two attached hydrogens (primary N) is 1. The number of hydrogen-bond donors (Lipinski definition) is 2. The van der Waals surface area contributed by atoms with Crippen molar-refractivity contribution < 1.29 is 37.6 Å². The topological polar surface area (TPSA) is 134 Å². The molecule has 0 aromatic carbocycles. The van der Waals surface area contributed by atoms with Crippen molar-refractivity contribution in [2.45, 2.75) is 193 Å². The molecular weight excluding hydrogens is 725 g/mol. The summed E-state index contributed by atoms with van der Waals surface area (Å²) in [4.78, 5) is 34.9. The lowest BCUT2D eigenvalue weighted by molar-refractivity contribution is -0.161. The highest BCUT2D eigenvalue weighted by Crippen LogP contribution is 2.43. The first kappa shape index (κ1) is 53.7. The summed E-state index contributed by atoms with van der Waals surface area (Å²) in [6, 6.07) is 0. The summed E-state index contributed by atoms with van der Waals surface area (Å²) < 4.78 is 32.8. The Kier molecular flexibility index (Phi) is 40.6. The molecule has 0 aliphatic carbocycles. The van der Waals surface area contributed by atoms with Gasteiger partial charge in [-0.1, -0.05) is 152 Å². The van der Waals surface area contributed by atoms with Gasteiger partial charge in [-0.15, -0.1) is 0 Å². The lowest BCUT2D eigenvalue weighted by Crippen LogP contribution is -2.29. The van der Waals surface area contributed by atoms with Crippen molar-refractivity contribution in [1.82, 2.24) is 0 Å². The van der Waals surface area contributed by atoms with Crippen molar-refractivity contribution in [1.29, 1.82) is 0 Å². The van der Waals surface area contributed by atoms with Gasteiger partial charge in [0.15, 0.2) is 6.10 Å². The van der Waals surface area contributed by atoms with Crippen LogP contribution in [0.25, 0.3) is 0 Å². The summed E-state index contributed by atoms with van der Waals surface area (Å²) >= 11 is 0. The van der Waals surface area contributed by atoms with Crippen LogP contribution >= 0.6 is 7.82 Å². The number of carbonyl (C=O) groups excluding carboxylic acids is 2. The average molecular weight is 808 g/mol. The SMILES string of the molecule is CCCCC/C=C\C/C=C\C/C=C\C/C=C\CCCCCC(=O)O[C@H](COC(=O)CCCCCCC/C=C\CCCCCCCCC)COP(=O)(O)OCCN. The standard InChI is InChI=1S/C46H82NO8P/c1-3-5-7-9-11-13-15-17-19-21-22-23-25-27-29-31-33-35-37-39-46(49)55-44(43-54-56(50,51)53-41-40-47)42-52-45(48)38-36-34-32-30-28-26-24-20-18-16-14-12-10-8-6-4-2/h11,13,17,19-20,22-24,27,29,44H,3-10,12,14-16,18,21,25-26,28,30-43,47H2,1-2H3,(H,50,51)/b13-11-,19-17-,23-22-,24-20-,29-27-/t44-/m1/s1. The highest BCUT2D eigenvalue weighted by Gasteiger charge is 2.26. The first-order valence-electron chi connectivity index (χ1n) is 22.3. The average Bonchev–Trinajstić information content (AvgIpc) is 3.18. The Labute approximate surface area is 342 Å². The molecule has 0 aromatic heterocycles. The van der Waals surface area contributed by atoms with Crippen LogP contribution in [0.2, 0.25) is 0 Å². The zero-order valence-electron chi connectivity index (χ0n) is 35.6. The Morgan fingerprint density at radius 1 is 0.536 bits per heavy atom. The maximum atomic E-state index is 12.6. The Hall–Kier alpha value is -2.29. The normalized spacial score (nSPS) is 13.9. The second-order valence-corrected chi connectivity index (χ2v) is 16.0. The molecular formula is C46H82NO8P. The largest absolute Gasteiger partial charge is 0.472 e. The molecule has 0 spiro atoms. The van der Waals surface area contributed by atoms with Crippen LogP contribution in [0.5, 0.6) is 0 Å². The number of allylic oxidation sites excluding steroid dienone is 10. The zero-order valence-corrected chi connectivity index (χ0v) is 36.5. The van der Waals surface area contributed by atoms with Gasteiger partial charge in [0, 0.05) is 19.4 Å². The molecule has 2 atom stereocenters. The number of esters is 2. The molecule has 0 radical (unpaired) electrons. The fraction of sp³-hybridized carbons (Fsp3) is 0.739. The molecule has 0 saturated carbocycles. The maximum absolute atomic E-state index is 12.6. The van der Waals surface area contributed by atoms with E-state index in [1.807, 2.05) is 0 Å². The second-order valence-electron chi connectivity index (χ2n) is 14.6. The number of hydrogen-bond acceptors (Lipinski definition) is 8. The molecule has 0 aliphatic rings. The van der Waals surface area contributed by atoms with Gasteiger partial charge >= 0.3 is 19.8 Å². The highest BCUT2D eigenvalue weighted by molar-refractivity contribution is 7.47. The van der Waals surface area contributed by atoms with E-state index in [-0.39, 0.29) is 32.6 Å². The number of ether oxygens (including phenoxy) is 2. The van der Waals surface area contributed by atoms with Crippen LogP contribution in [0, 0.1) is 0 Å². The predicted octanol–water partition coefficient (Wildman–Crippen LogP) is 12.9. The molecule has 0 heterocycles. The molecule has 0 bridgehead atoms. The minimum absolute atomic E-state index is 0.0444. The van der Waals surface area contributed by atoms with Crippen molar-refractivity contribution >= 4 is 19.8 Å². The first-order chi connectivity index (χ1) is 27.3. The molecule has 9 nitrogen and oxygen atoms in total. The minimum Gasteiger partial charge on any atom is -0.462 e. The van der Waals surface area contributed by atoms with E-state index in [4.69, 9.17) is 24.3 Å². The van der Waals surface area contributed by atoms with Crippen LogP contribution in [-0.2, 0) is 32.7 Å². The summed E-state index contributed by atoms with van der Waals surface area (Å²) in [5.41, 5.74) is 5.35. The van der Waals surface area contributed by atoms with Crippen LogP contribution in [-0.4, -0.2) is 49.3 Å². The molecule has 324 valence electrons. The minimum atomic E-state index is -4.39. The number of rotatable bonds is 41. The van der Waals surface area contributed by atoms with Crippen LogP contribution in [0.4, 0.5) is 0 Å². The Morgan fingerprint density at radius 2 is 0.929 bits per heavy atom. The van der Waals surface area contributed by atoms with Gasteiger partial charge in [0.25, 0.3) is 0 Å². The predicted molar refractivity (Wildman–Crippen MR) is 233 cm³/mol. The molecule has 56 heavy (non-hydrogen) atoms. The molecule has 0 aliphatic heterocycles. The van der Waals surface area contributed by atoms with E-state index in [1.54, 1.807) is 0 Å². The van der Waals surface area contributed by atoms with E-state index in [1.165, 1.54) is 77.0 Å². The number of phosphoric ester groups is 1. The molecule has 0 rings (SSSR count). The highest BCUT2D eigenvalue weighted by atomic mass is 31.2. The van der Waals surface area contributed by atoms with Gasteiger partial charge in [-0.05, 0) is 83.5 Å². The molecule has 0 saturated heterocycles. The molecule has 3 N–H and O–H groups in total. The molecule has 0 aromatic rings. The quantitative estimate of drug-likeness (QED) is 0.0268. The van der Waals surface area contributed by atoms with Gasteiger partial charge in [0.1, 0.15) is 6.61 Å². The van der Waals surface area contributed by atoms with E-state index in [9.17, 15) is 19.0 Å². The van der Waals surface area contributed by atoms with Crippen molar-refractivity contribution in [3.63, 3.8) is 0 Å². The number of carbonyl (C=O) groups is 2. The third-order valence-corrected chi connectivity index (χ3v) is 10.1. The summed E-state index contributed by atoms with van der Waals surface area (Å²) in [7, 11) is -4.39. The summed E-state index contributed by atoms with van der Waals surface area (Å²) in [6.45, 7) is 3.65. The second kappa shape index (κ2) is 42.3. The van der Waals surface area contributed by atoms with Crippen molar-refractivity contribution in [3.8, 4) is 0 Å². The third kappa shape index (κ3) is 41.3. The summed E-state index contributed by atoms with van der Waals surface area (Å²) in [5, 5.41) is 0. The van der Waals surface area contributed by atoms with Gasteiger partial charge in [-0.25, -0.2) is 4.57 Å². The lowest BCUT2D eigenvalue weighted by Gasteiger charge is -2.19. The first-order valence-corrected chi connectivity index (χ1v) is 23.8. The van der Waals surface area contributed by atoms with Gasteiger partial charge in [-0.2, -0.15) is 0 Å². The summed E-state index contributed by atoms with van der Waals surface area (Å²) in [6.07, 6.45) is 49.6. The Morgan fingerprint density at radius 3 is 1.45 bits per heavy atom. The van der Waals surface area contributed by atoms with Crippen LogP contribution < -0.4 is 5.73 Å². The van der Waals surface area contributed by atoms with Crippen LogP contribution in [0.1, 0.15) is 187 Å². The van der Waals surface area contributed by atoms with Crippen molar-refractivity contribution in [2.75, 3.05) is 26.4 Å². The molecule has 1 unspecified atom stereocenters. The van der Waals surface area contributed by atoms with E-state index in [2.05, 4.69) is 74.6 Å². The van der Waals surface area contributed by atoms with E-state index < -0.39 is 32.5 Å². The molecule has 0 amide bonds. The Balaban J connectivity index is 4.23. The smallest absolute Gasteiger partial charge is 0.462 e. The molecule has 10 heteroatoms. The van der Waals surface area contributed by atoms with Gasteiger partial charge in [0.2, 0.25) is 0 Å². The third-order valence-electron chi connectivity index (χ3n) is 9.13. The van der Waals surface area contributed by atoms with E-state index in [0.29, 0.717) is 12.8 Å². The van der Waals surface area contributed by atoms with Crippen molar-refractivity contribution in [2.24, 2.45) is 5.73 Å². The van der Waals surface area contributed by atoms with E-state index >= 15 is 0 Å². The van der Waals surface area contributed by atoms with Crippen LogP contribution in [0.3, 0.4) is 0 Å². The maximum Gasteiger partial charge on any atom is 0.472 e. The van der Waals surface area contributed by atoms with Gasteiger partial charge in [-0.3, -0.25) is 18.6 Å². The number of phosphoric acid groups is 1. The van der Waals surface area contributed by atoms with Crippen molar-refractivity contribution in [3.05, 3.63) is 60.8 Å². The zero-order chi connectivity index (χ0) is 41.1. The summed E-state index contributed by atoms with van der Waals surface area (Å²) in [5.74, 6) is -0.876. The monoisotopic (exact) mass is 808 g/mol. The molecule has 0 fully saturated rings. The fourth-order valence-electron chi connectivity index (χ4n) is 5.79. The van der Waals surface area contributed by atoms with Gasteiger partial charge < -0.3 is 20.1 Å². The van der Waals surface area contributed by atoms with Gasteiger partial charge in [0.05, 0.1) is 13.2 Å². The lowest BCUT2D eigenvalue weighted by atomic mass is 10.1. The van der Waals surface area contributed by atoms with E-state index in [0.717, 1.165) is 70.6 Å². The fourth-order valence-corrected chi connectivity index (χ4v) is 6.55. The number of unbranched alkanes of at least 4 members (excludes halogenated alkanes) is 18. The Bertz CT molecular complexity index is 1100. The van der Waals surface area contributed by atoms with Crippen LogP contribution in [0.15, 0.2) is 60.8 Å².